The topological polar surface area (TPSA) is 50.9 Å². The summed E-state index contributed by atoms with van der Waals surface area (Å²) in [6.45, 7) is 0.584. The van der Waals surface area contributed by atoms with Crippen LogP contribution in [0.4, 0.5) is 5.82 Å². The van der Waals surface area contributed by atoms with E-state index in [1.54, 1.807) is 0 Å². The molecular weight excluding hydrogens is 388 g/mol. The van der Waals surface area contributed by atoms with E-state index in [9.17, 15) is 0 Å². The van der Waals surface area contributed by atoms with Crippen molar-refractivity contribution in [3.63, 3.8) is 0 Å². The Morgan fingerprint density at radius 2 is 2.14 bits per heavy atom. The van der Waals surface area contributed by atoms with Crippen molar-refractivity contribution in [1.29, 1.82) is 0 Å². The molecule has 68 valence electrons. The molecular formula is C10H11N3Ra. The first-order valence-corrected chi connectivity index (χ1v) is 8.72. The maximum absolute atomic E-state index is 5.57. The van der Waals surface area contributed by atoms with Gasteiger partial charge in [0.25, 0.3) is 0 Å². The Balaban J connectivity index is 2.57. The monoisotopic (exact) mass is 399 g/mol. The van der Waals surface area contributed by atoms with Gasteiger partial charge in [-0.25, -0.2) is 0 Å². The zero-order valence-electron chi connectivity index (χ0n) is 8.12. The molecule has 1 aromatic heterocycles. The quantitative estimate of drug-likeness (QED) is 0.801. The summed E-state index contributed by atoms with van der Waals surface area (Å²) in [5.74, 6) is 0.989. The molecule has 0 saturated heterocycles. The van der Waals surface area contributed by atoms with Crippen LogP contribution < -0.4 is 6.58 Å². The second-order valence-electron chi connectivity index (χ2n) is 3.18. The van der Waals surface area contributed by atoms with Crippen LogP contribution in [0.15, 0.2) is 30.3 Å². The van der Waals surface area contributed by atoms with Crippen molar-refractivity contribution >= 4 is 16.7 Å². The van der Waals surface area contributed by atoms with Crippen LogP contribution in [0.2, 0.25) is 0 Å². The molecule has 0 amide bonds. The summed E-state index contributed by atoms with van der Waals surface area (Å²) >= 11 is 0.302. The van der Waals surface area contributed by atoms with Crippen LogP contribution in [-0.2, 0) is 6.54 Å². The van der Waals surface area contributed by atoms with Crippen LogP contribution in [0.3, 0.4) is 0 Å². The zero-order valence-corrected chi connectivity index (χ0v) is 16.3. The Morgan fingerprint density at radius 3 is 2.86 bits per heavy atom. The molecule has 2 aromatic rings. The number of nitrogens with one attached hydrogen (secondary N) is 1. The number of rotatable bonds is 2. The summed E-state index contributed by atoms with van der Waals surface area (Å²) in [6, 6.07) is 10.2. The van der Waals surface area contributed by atoms with Crippen LogP contribution >= 0.6 is 0 Å². The molecule has 4 heteroatoms. The Morgan fingerprint density at radius 1 is 1.29 bits per heavy atom. The van der Waals surface area contributed by atoms with Crippen molar-refractivity contribution in [2.24, 2.45) is 5.73 Å². The normalized spacial score (nSPS) is 10.3. The molecule has 0 saturated carbocycles. The molecule has 0 aliphatic carbocycles. The minimum atomic E-state index is 0.302. The van der Waals surface area contributed by atoms with Crippen LogP contribution in [0.1, 0.15) is 5.56 Å². The molecule has 3 N–H and O–H groups in total. The number of fused-ring (bicyclic) bond motifs is 1. The molecule has 14 heavy (non-hydrogen) atoms. The number of pyridine rings is 1. The average Bonchev–Trinajstić information content (AvgIpc) is 2.27. The van der Waals surface area contributed by atoms with E-state index in [2.05, 4.69) is 18.0 Å². The van der Waals surface area contributed by atoms with Crippen molar-refractivity contribution in [3.8, 4) is 0 Å². The van der Waals surface area contributed by atoms with Gasteiger partial charge in [-0.3, -0.25) is 0 Å². The number of nitrogens with two attached hydrogens (primary N) is 1. The van der Waals surface area contributed by atoms with Crippen LogP contribution in [0.25, 0.3) is 10.9 Å². The van der Waals surface area contributed by atoms with Crippen molar-refractivity contribution < 1.29 is 43.2 Å². The van der Waals surface area contributed by atoms with Gasteiger partial charge in [-0.05, 0) is 0 Å². The SMILES string of the molecule is NCc1ccc2nc([NH][RaH])ccc2c1. The molecule has 3 nitrogen and oxygen atoms in total. The fourth-order valence-electron chi connectivity index (χ4n) is 1.44. The molecule has 0 aliphatic rings. The second-order valence-corrected chi connectivity index (χ2v) is 5.23. The predicted octanol–water partition coefficient (Wildman–Crippen LogP) is 1.30. The first kappa shape index (κ1) is 10.4. The van der Waals surface area contributed by atoms with Gasteiger partial charge >= 0.3 is 114 Å². The molecule has 0 atom stereocenters. The molecule has 0 aliphatic heterocycles. The molecule has 0 unspecified atom stereocenters. The second kappa shape index (κ2) is 4.58. The summed E-state index contributed by atoms with van der Waals surface area (Å²) in [6.07, 6.45) is 0. The van der Waals surface area contributed by atoms with E-state index in [0.29, 0.717) is 49.8 Å². The fraction of sp³-hybridized carbons (Fsp3) is 0.100. The van der Waals surface area contributed by atoms with Gasteiger partial charge < -0.3 is 0 Å². The molecule has 1 heterocycles. The van der Waals surface area contributed by atoms with Gasteiger partial charge in [-0.15, -0.1) is 0 Å². The Bertz CT molecular complexity index is 413. The number of aromatic nitrogens is 1. The number of benzene rings is 1. The number of nitrogens with zero attached hydrogens (tertiary/aromatic N) is 1. The average molecular weight is 399 g/mol. The van der Waals surface area contributed by atoms with Crippen molar-refractivity contribution in [2.45, 2.75) is 6.54 Å². The molecule has 0 fully saturated rings. The summed E-state index contributed by atoms with van der Waals surface area (Å²) in [5.41, 5.74) is 7.75. The third-order valence-corrected chi connectivity index (χ3v) is 4.35. The van der Waals surface area contributed by atoms with Crippen molar-refractivity contribution in [1.82, 2.24) is 4.98 Å². The summed E-state index contributed by atoms with van der Waals surface area (Å²) in [7, 11) is 0. The number of hydrogen-bond donors (Lipinski definition) is 2. The number of hydrogen-bond acceptors (Lipinski definition) is 3. The van der Waals surface area contributed by atoms with E-state index in [4.69, 9.17) is 5.73 Å². The van der Waals surface area contributed by atoms with E-state index >= 15 is 0 Å². The van der Waals surface area contributed by atoms with Gasteiger partial charge in [-0.1, -0.05) is 0 Å². The fourth-order valence-corrected chi connectivity index (χ4v) is 2.59. The summed E-state index contributed by atoms with van der Waals surface area (Å²) in [4.78, 5) is 4.47. The first-order chi connectivity index (χ1) is 6.83. The molecule has 1 aromatic carbocycles. The van der Waals surface area contributed by atoms with Gasteiger partial charge in [0.05, 0.1) is 0 Å². The molecule has 0 bridgehead atoms. The zero-order chi connectivity index (χ0) is 9.97. The van der Waals surface area contributed by atoms with E-state index in [0.717, 1.165) is 22.3 Å². The predicted molar refractivity (Wildman–Crippen MR) is 54.7 cm³/mol. The van der Waals surface area contributed by atoms with Crippen LogP contribution in [0.5, 0.6) is 0 Å². The van der Waals surface area contributed by atoms with E-state index in [1.807, 2.05) is 18.2 Å². The van der Waals surface area contributed by atoms with Crippen molar-refractivity contribution in [2.75, 3.05) is 0.848 Å². The third-order valence-electron chi connectivity index (χ3n) is 2.25. The Labute approximate surface area is 113 Å². The maximum atomic E-state index is 5.57. The van der Waals surface area contributed by atoms with Crippen LogP contribution in [0, 0.1) is 43.2 Å². The molecule has 2 rings (SSSR count). The third kappa shape index (κ3) is 2.09. The molecule has 0 radical (unpaired) electrons. The Kier molecular flexibility index (Phi) is 3.40. The summed E-state index contributed by atoms with van der Waals surface area (Å²) < 4.78 is 3.24. The minimum absolute atomic E-state index is 0.302. The van der Waals surface area contributed by atoms with Gasteiger partial charge in [-0.2, -0.15) is 0 Å². The van der Waals surface area contributed by atoms with Gasteiger partial charge in [0.15, 0.2) is 0 Å². The standard InChI is InChI=1S/C10H10N3.Ra.H/c11-6-7-1-3-9-8(5-7)2-4-10(12)13-9;;/h1-5H,6,11H2,(H-,12,13);;/q-1;+1;. The first-order valence-electron chi connectivity index (χ1n) is 4.61. The van der Waals surface area contributed by atoms with Gasteiger partial charge in [0, 0.05) is 0 Å². The van der Waals surface area contributed by atoms with Crippen LogP contribution in [-0.4, -0.2) is 4.98 Å². The van der Waals surface area contributed by atoms with Gasteiger partial charge in [0.1, 0.15) is 0 Å². The van der Waals surface area contributed by atoms with Crippen molar-refractivity contribution in [3.05, 3.63) is 35.9 Å². The summed E-state index contributed by atoms with van der Waals surface area (Å²) in [5, 5.41) is 1.16. The Hall–Kier alpha value is -0.142. The van der Waals surface area contributed by atoms with E-state index in [-0.39, 0.29) is 0 Å². The molecule has 0 spiro atoms. The van der Waals surface area contributed by atoms with Gasteiger partial charge in [0.2, 0.25) is 0 Å². The van der Waals surface area contributed by atoms with E-state index in [1.165, 1.54) is 0 Å². The number of anilines is 1. The van der Waals surface area contributed by atoms with E-state index < -0.39 is 0 Å².